The fourth-order valence-electron chi connectivity index (χ4n) is 1.56. The maximum absolute atomic E-state index is 2.29. The van der Waals surface area contributed by atoms with Crippen LogP contribution in [-0.4, -0.2) is 11.5 Å². The van der Waals surface area contributed by atoms with Gasteiger partial charge in [0.15, 0.2) is 0 Å². The molecule has 0 aliphatic rings. The van der Waals surface area contributed by atoms with Crippen LogP contribution in [0.25, 0.3) is 9.75 Å². The predicted octanol–water partition coefficient (Wildman–Crippen LogP) is 5.16. The minimum atomic E-state index is 1.24. The molecule has 0 bridgehead atoms. The number of hydrogen-bond acceptors (Lipinski definition) is 3. The third-order valence-electron chi connectivity index (χ3n) is 2.34. The van der Waals surface area contributed by atoms with Gasteiger partial charge in [-0.25, -0.2) is 0 Å². The molecule has 0 saturated heterocycles. The van der Waals surface area contributed by atoms with Crippen molar-refractivity contribution in [1.29, 1.82) is 0 Å². The first-order valence-corrected chi connectivity index (χ1v) is 8.45. The van der Waals surface area contributed by atoms with Gasteiger partial charge in [0.25, 0.3) is 0 Å². The van der Waals surface area contributed by atoms with Crippen molar-refractivity contribution in [2.24, 2.45) is 0 Å². The van der Waals surface area contributed by atoms with Crippen molar-refractivity contribution in [3.63, 3.8) is 0 Å². The molecule has 0 aromatic carbocycles. The van der Waals surface area contributed by atoms with Gasteiger partial charge in [-0.2, -0.15) is 11.8 Å². The van der Waals surface area contributed by atoms with E-state index in [0.717, 1.165) is 0 Å². The van der Waals surface area contributed by atoms with Crippen LogP contribution in [0.2, 0.25) is 0 Å². The third kappa shape index (κ3) is 3.37. The molecule has 0 fully saturated rings. The van der Waals surface area contributed by atoms with E-state index in [4.69, 9.17) is 0 Å². The topological polar surface area (TPSA) is 0 Å². The Balaban J connectivity index is 1.88. The van der Waals surface area contributed by atoms with Crippen LogP contribution in [0.4, 0.5) is 0 Å². The minimum Gasteiger partial charge on any atom is -0.162 e. The molecule has 0 spiro atoms. The number of thiophene rings is 2. The van der Waals surface area contributed by atoms with Crippen molar-refractivity contribution in [3.8, 4) is 9.75 Å². The van der Waals surface area contributed by atoms with E-state index in [0.29, 0.717) is 0 Å². The van der Waals surface area contributed by atoms with Crippen molar-refractivity contribution in [3.05, 3.63) is 34.5 Å². The highest BCUT2D eigenvalue weighted by Crippen LogP contribution is 2.31. The van der Waals surface area contributed by atoms with Crippen molar-refractivity contribution in [2.45, 2.75) is 19.8 Å². The summed E-state index contributed by atoms with van der Waals surface area (Å²) in [4.78, 5) is 4.35. The van der Waals surface area contributed by atoms with Gasteiger partial charge in [0.2, 0.25) is 0 Å². The summed E-state index contributed by atoms with van der Waals surface area (Å²) in [6.07, 6.45) is 2.55. The van der Waals surface area contributed by atoms with Gasteiger partial charge in [-0.15, -0.1) is 22.7 Å². The van der Waals surface area contributed by atoms with E-state index in [1.165, 1.54) is 39.0 Å². The number of aryl methyl sites for hydroxylation is 1. The highest BCUT2D eigenvalue weighted by molar-refractivity contribution is 7.99. The van der Waals surface area contributed by atoms with Gasteiger partial charge in [-0.1, -0.05) is 13.0 Å². The predicted molar refractivity (Wildman–Crippen MR) is 79.0 cm³/mol. The van der Waals surface area contributed by atoms with E-state index in [1.807, 2.05) is 34.4 Å². The zero-order chi connectivity index (χ0) is 11.2. The Morgan fingerprint density at radius 2 is 2.12 bits per heavy atom. The Kier molecular flexibility index (Phi) is 4.94. The molecule has 0 aliphatic carbocycles. The van der Waals surface area contributed by atoms with Gasteiger partial charge in [0, 0.05) is 14.6 Å². The van der Waals surface area contributed by atoms with Crippen molar-refractivity contribution >= 4 is 34.4 Å². The molecule has 2 rings (SSSR count). The van der Waals surface area contributed by atoms with Crippen LogP contribution in [0.5, 0.6) is 0 Å². The molecule has 0 saturated carbocycles. The molecular weight excluding hydrogens is 252 g/mol. The highest BCUT2D eigenvalue weighted by atomic mass is 32.2. The quantitative estimate of drug-likeness (QED) is 0.652. The molecule has 2 aromatic heterocycles. The first-order valence-electron chi connectivity index (χ1n) is 5.60. The molecule has 2 aromatic rings. The molecule has 0 N–H and O–H groups in total. The Labute approximate surface area is 110 Å². The van der Waals surface area contributed by atoms with Crippen LogP contribution in [0.15, 0.2) is 29.6 Å². The molecule has 0 nitrogen and oxygen atoms in total. The zero-order valence-electron chi connectivity index (χ0n) is 9.44. The SMILES string of the molecule is CCSCCCc1ccc(-c2cccs2)s1. The maximum atomic E-state index is 2.29. The third-order valence-corrected chi connectivity index (χ3v) is 5.54. The Morgan fingerprint density at radius 3 is 2.88 bits per heavy atom. The van der Waals surface area contributed by atoms with Crippen LogP contribution in [0.1, 0.15) is 18.2 Å². The van der Waals surface area contributed by atoms with Crippen LogP contribution in [-0.2, 0) is 6.42 Å². The standard InChI is InChI=1S/C13H16S3/c1-2-14-9-3-5-11-7-8-13(16-11)12-6-4-10-15-12/h4,6-8,10H,2-3,5,9H2,1H3. The first kappa shape index (κ1) is 12.2. The van der Waals surface area contributed by atoms with Crippen molar-refractivity contribution in [2.75, 3.05) is 11.5 Å². The monoisotopic (exact) mass is 268 g/mol. The second-order valence-electron chi connectivity index (χ2n) is 3.54. The largest absolute Gasteiger partial charge is 0.162 e. The fourth-order valence-corrected chi connectivity index (χ4v) is 4.08. The lowest BCUT2D eigenvalue weighted by Crippen LogP contribution is -1.84. The molecule has 2 heterocycles. The Bertz CT molecular complexity index is 400. The minimum absolute atomic E-state index is 1.24. The molecular formula is C13H16S3. The van der Waals surface area contributed by atoms with Gasteiger partial charge < -0.3 is 0 Å². The van der Waals surface area contributed by atoms with E-state index in [2.05, 4.69) is 36.6 Å². The molecule has 16 heavy (non-hydrogen) atoms. The smallest absolute Gasteiger partial charge is 0.0445 e. The summed E-state index contributed by atoms with van der Waals surface area (Å²) in [5.74, 6) is 2.54. The molecule has 86 valence electrons. The molecule has 0 unspecified atom stereocenters. The lowest BCUT2D eigenvalue weighted by atomic mass is 10.3. The van der Waals surface area contributed by atoms with E-state index < -0.39 is 0 Å². The summed E-state index contributed by atoms with van der Waals surface area (Å²) in [6.45, 7) is 2.23. The zero-order valence-corrected chi connectivity index (χ0v) is 11.9. The normalized spacial score (nSPS) is 10.8. The van der Waals surface area contributed by atoms with Crippen LogP contribution < -0.4 is 0 Å². The second kappa shape index (κ2) is 6.48. The lowest BCUT2D eigenvalue weighted by Gasteiger charge is -1.96. The lowest BCUT2D eigenvalue weighted by molar-refractivity contribution is 0.952. The van der Waals surface area contributed by atoms with Gasteiger partial charge >= 0.3 is 0 Å². The molecule has 0 radical (unpaired) electrons. The summed E-state index contributed by atoms with van der Waals surface area (Å²) in [5, 5.41) is 2.15. The Hall–Kier alpha value is -0.250. The first-order chi connectivity index (χ1) is 7.90. The van der Waals surface area contributed by atoms with Gasteiger partial charge in [0.05, 0.1) is 0 Å². The molecule has 0 atom stereocenters. The summed E-state index contributed by atoms with van der Waals surface area (Å²) < 4.78 is 0. The number of rotatable bonds is 6. The van der Waals surface area contributed by atoms with Crippen LogP contribution in [0.3, 0.4) is 0 Å². The average molecular weight is 268 g/mol. The van der Waals surface area contributed by atoms with E-state index in [1.54, 1.807) is 0 Å². The van der Waals surface area contributed by atoms with Gasteiger partial charge in [-0.05, 0) is 47.9 Å². The second-order valence-corrected chi connectivity index (χ2v) is 7.05. The summed E-state index contributed by atoms with van der Waals surface area (Å²) in [7, 11) is 0. The molecule has 3 heteroatoms. The number of hydrogen-bond donors (Lipinski definition) is 0. The summed E-state index contributed by atoms with van der Waals surface area (Å²) in [5.41, 5.74) is 0. The van der Waals surface area contributed by atoms with Crippen molar-refractivity contribution < 1.29 is 0 Å². The highest BCUT2D eigenvalue weighted by Gasteiger charge is 2.03. The van der Waals surface area contributed by atoms with Gasteiger partial charge in [0.1, 0.15) is 0 Å². The average Bonchev–Trinajstić information content (AvgIpc) is 2.94. The molecule has 0 aliphatic heterocycles. The molecule has 0 amide bonds. The summed E-state index contributed by atoms with van der Waals surface area (Å²) >= 11 is 5.82. The maximum Gasteiger partial charge on any atom is 0.0445 e. The van der Waals surface area contributed by atoms with Gasteiger partial charge in [-0.3, -0.25) is 0 Å². The fraction of sp³-hybridized carbons (Fsp3) is 0.385. The van der Waals surface area contributed by atoms with Crippen molar-refractivity contribution in [1.82, 2.24) is 0 Å². The summed E-state index contributed by atoms with van der Waals surface area (Å²) in [6, 6.07) is 8.87. The van der Waals surface area contributed by atoms with E-state index in [9.17, 15) is 0 Å². The number of thioether (sulfide) groups is 1. The van der Waals surface area contributed by atoms with Crippen LogP contribution in [0, 0.1) is 0 Å². The van der Waals surface area contributed by atoms with Crippen LogP contribution >= 0.6 is 34.4 Å². The van der Waals surface area contributed by atoms with E-state index in [-0.39, 0.29) is 0 Å². The van der Waals surface area contributed by atoms with E-state index >= 15 is 0 Å². The Morgan fingerprint density at radius 1 is 1.19 bits per heavy atom.